The maximum Gasteiger partial charge on any atom is 0.344 e. The summed E-state index contributed by atoms with van der Waals surface area (Å²) in [6.07, 6.45) is 2.37. The zero-order valence-corrected chi connectivity index (χ0v) is 10.6. The molecule has 92 valence electrons. The Morgan fingerprint density at radius 1 is 1.22 bits per heavy atom. The lowest BCUT2D eigenvalue weighted by Gasteiger charge is -2.04. The Balaban J connectivity index is 2.09. The minimum atomic E-state index is -0.424. The molecule has 0 spiro atoms. The normalized spacial score (nSPS) is 10.1. The molecule has 1 heterocycles. The number of carbonyl (C=O) groups excluding carboxylic acids is 1. The van der Waals surface area contributed by atoms with Crippen LogP contribution in [0.1, 0.15) is 22.8 Å². The molecule has 0 fully saturated rings. The quantitative estimate of drug-likeness (QED) is 0.794. The molecular formula is C14H12ClNO2. The van der Waals surface area contributed by atoms with Gasteiger partial charge < -0.3 is 4.74 Å². The van der Waals surface area contributed by atoms with E-state index in [1.807, 2.05) is 12.1 Å². The van der Waals surface area contributed by atoms with Gasteiger partial charge in [0.15, 0.2) is 0 Å². The van der Waals surface area contributed by atoms with Crippen molar-refractivity contribution in [1.29, 1.82) is 0 Å². The summed E-state index contributed by atoms with van der Waals surface area (Å²) in [5.74, 6) is -0.184. The number of hydrogen-bond acceptors (Lipinski definition) is 3. The number of benzene rings is 1. The van der Waals surface area contributed by atoms with Crippen molar-refractivity contribution in [2.24, 2.45) is 0 Å². The Kier molecular flexibility index (Phi) is 3.95. The fraction of sp³-hybridized carbons (Fsp3) is 0.143. The molecule has 0 radical (unpaired) electrons. The Morgan fingerprint density at radius 3 is 2.50 bits per heavy atom. The van der Waals surface area contributed by atoms with E-state index < -0.39 is 5.97 Å². The number of carbonyl (C=O) groups is 1. The number of esters is 1. The van der Waals surface area contributed by atoms with Gasteiger partial charge in [-0.2, -0.15) is 0 Å². The minimum absolute atomic E-state index is 0.240. The molecule has 3 nitrogen and oxygen atoms in total. The summed E-state index contributed by atoms with van der Waals surface area (Å²) in [7, 11) is 0. The van der Waals surface area contributed by atoms with Crippen molar-refractivity contribution in [2.45, 2.75) is 13.3 Å². The van der Waals surface area contributed by atoms with E-state index in [1.54, 1.807) is 24.3 Å². The summed E-state index contributed by atoms with van der Waals surface area (Å²) in [4.78, 5) is 15.7. The molecule has 1 aromatic heterocycles. The summed E-state index contributed by atoms with van der Waals surface area (Å²) >= 11 is 5.70. The van der Waals surface area contributed by atoms with E-state index in [9.17, 15) is 4.79 Å². The van der Waals surface area contributed by atoms with Crippen LogP contribution in [0.15, 0.2) is 42.6 Å². The summed E-state index contributed by atoms with van der Waals surface area (Å²) < 4.78 is 5.12. The first-order valence-electron chi connectivity index (χ1n) is 5.61. The van der Waals surface area contributed by atoms with E-state index in [2.05, 4.69) is 11.9 Å². The van der Waals surface area contributed by atoms with Gasteiger partial charge in [-0.1, -0.05) is 30.7 Å². The third-order valence-corrected chi connectivity index (χ3v) is 2.72. The van der Waals surface area contributed by atoms with Crippen molar-refractivity contribution in [2.75, 3.05) is 0 Å². The van der Waals surface area contributed by atoms with Crippen LogP contribution in [0, 0.1) is 0 Å². The van der Waals surface area contributed by atoms with Gasteiger partial charge in [-0.3, -0.25) is 0 Å². The lowest BCUT2D eigenvalue weighted by molar-refractivity contribution is 0.0727. The van der Waals surface area contributed by atoms with Gasteiger partial charge in [0.05, 0.1) is 10.6 Å². The number of aromatic nitrogens is 1. The first-order chi connectivity index (χ1) is 8.69. The highest BCUT2D eigenvalue weighted by Crippen LogP contribution is 2.13. The van der Waals surface area contributed by atoms with E-state index in [0.29, 0.717) is 10.6 Å². The topological polar surface area (TPSA) is 39.2 Å². The van der Waals surface area contributed by atoms with Crippen LogP contribution in [0.5, 0.6) is 5.88 Å². The molecule has 0 aliphatic carbocycles. The summed E-state index contributed by atoms with van der Waals surface area (Å²) in [5.41, 5.74) is 1.68. The molecule has 18 heavy (non-hydrogen) atoms. The maximum atomic E-state index is 11.8. The molecule has 0 aliphatic rings. The first-order valence-corrected chi connectivity index (χ1v) is 5.99. The van der Waals surface area contributed by atoms with Gasteiger partial charge in [-0.05, 0) is 30.2 Å². The van der Waals surface area contributed by atoms with Gasteiger partial charge >= 0.3 is 5.97 Å². The fourth-order valence-corrected chi connectivity index (χ4v) is 1.56. The molecule has 0 atom stereocenters. The number of hydrogen-bond donors (Lipinski definition) is 0. The second-order valence-corrected chi connectivity index (χ2v) is 4.19. The second kappa shape index (κ2) is 5.65. The number of ether oxygens (including phenoxy) is 1. The lowest BCUT2D eigenvalue weighted by atomic mass is 10.1. The first kappa shape index (κ1) is 12.6. The highest BCUT2D eigenvalue weighted by molar-refractivity contribution is 6.30. The van der Waals surface area contributed by atoms with Gasteiger partial charge in [-0.15, -0.1) is 0 Å². The van der Waals surface area contributed by atoms with Crippen LogP contribution >= 0.6 is 11.6 Å². The fourth-order valence-electron chi connectivity index (χ4n) is 1.45. The molecule has 4 heteroatoms. The number of pyridine rings is 1. The van der Waals surface area contributed by atoms with Crippen molar-refractivity contribution >= 4 is 17.6 Å². The van der Waals surface area contributed by atoms with Gasteiger partial charge in [-0.25, -0.2) is 9.78 Å². The van der Waals surface area contributed by atoms with E-state index in [-0.39, 0.29) is 5.88 Å². The summed E-state index contributed by atoms with van der Waals surface area (Å²) in [6.45, 7) is 2.06. The minimum Gasteiger partial charge on any atom is -0.404 e. The van der Waals surface area contributed by atoms with Crippen LogP contribution < -0.4 is 4.74 Å². The van der Waals surface area contributed by atoms with E-state index in [4.69, 9.17) is 16.3 Å². The predicted octanol–water partition coefficient (Wildman–Crippen LogP) is 3.52. The van der Waals surface area contributed by atoms with Gasteiger partial charge in [0.25, 0.3) is 0 Å². The lowest BCUT2D eigenvalue weighted by Crippen LogP contribution is -2.09. The van der Waals surface area contributed by atoms with Crippen LogP contribution in [0.2, 0.25) is 5.02 Å². The van der Waals surface area contributed by atoms with Gasteiger partial charge in [0.1, 0.15) is 0 Å². The van der Waals surface area contributed by atoms with Crippen LogP contribution in [0.25, 0.3) is 0 Å². The maximum absolute atomic E-state index is 11.8. The van der Waals surface area contributed by atoms with Crippen molar-refractivity contribution in [3.05, 3.63) is 58.7 Å². The molecular weight excluding hydrogens is 250 g/mol. The Morgan fingerprint density at radius 2 is 1.94 bits per heavy atom. The molecule has 0 saturated heterocycles. The molecule has 0 unspecified atom stereocenters. The van der Waals surface area contributed by atoms with Crippen molar-refractivity contribution < 1.29 is 9.53 Å². The third-order valence-electron chi connectivity index (χ3n) is 2.50. The summed E-state index contributed by atoms with van der Waals surface area (Å²) in [6, 6.07) is 10.5. The molecule has 0 saturated carbocycles. The zero-order valence-electron chi connectivity index (χ0n) is 9.89. The third kappa shape index (κ3) is 3.08. The number of nitrogens with zero attached hydrogens (tertiary/aromatic N) is 1. The van der Waals surface area contributed by atoms with Crippen molar-refractivity contribution in [3.63, 3.8) is 0 Å². The van der Waals surface area contributed by atoms with Crippen molar-refractivity contribution in [3.8, 4) is 5.88 Å². The van der Waals surface area contributed by atoms with Crippen LogP contribution in [-0.4, -0.2) is 11.0 Å². The van der Waals surface area contributed by atoms with E-state index in [0.717, 1.165) is 6.42 Å². The average Bonchev–Trinajstić information content (AvgIpc) is 2.41. The van der Waals surface area contributed by atoms with E-state index >= 15 is 0 Å². The van der Waals surface area contributed by atoms with Crippen LogP contribution in [0.4, 0.5) is 0 Å². The standard InChI is InChI=1S/C14H12ClNO2/c1-2-10-3-5-11(6-4-10)14(17)18-13-8-7-12(15)9-16-13/h3-9H,2H2,1H3. The van der Waals surface area contributed by atoms with Gasteiger partial charge in [0, 0.05) is 12.3 Å². The summed E-state index contributed by atoms with van der Waals surface area (Å²) in [5, 5.41) is 0.502. The molecule has 0 aliphatic heterocycles. The molecule has 0 N–H and O–H groups in total. The van der Waals surface area contributed by atoms with Gasteiger partial charge in [0.2, 0.25) is 5.88 Å². The Hall–Kier alpha value is -1.87. The SMILES string of the molecule is CCc1ccc(C(=O)Oc2ccc(Cl)cn2)cc1. The smallest absolute Gasteiger partial charge is 0.344 e. The number of rotatable bonds is 3. The van der Waals surface area contributed by atoms with Crippen LogP contribution in [0.3, 0.4) is 0 Å². The highest BCUT2D eigenvalue weighted by Gasteiger charge is 2.08. The molecule has 1 aromatic carbocycles. The molecule has 0 amide bonds. The zero-order chi connectivity index (χ0) is 13.0. The predicted molar refractivity (Wildman–Crippen MR) is 70.0 cm³/mol. The molecule has 2 aromatic rings. The van der Waals surface area contributed by atoms with E-state index in [1.165, 1.54) is 11.8 Å². The molecule has 0 bridgehead atoms. The number of halogens is 1. The Bertz CT molecular complexity index is 535. The molecule has 2 rings (SSSR count). The largest absolute Gasteiger partial charge is 0.404 e. The Labute approximate surface area is 110 Å². The highest BCUT2D eigenvalue weighted by atomic mass is 35.5. The average molecular weight is 262 g/mol. The number of aryl methyl sites for hydroxylation is 1. The van der Waals surface area contributed by atoms with Crippen molar-refractivity contribution in [1.82, 2.24) is 4.98 Å². The monoisotopic (exact) mass is 261 g/mol. The second-order valence-electron chi connectivity index (χ2n) is 3.75. The van der Waals surface area contributed by atoms with Crippen LogP contribution in [-0.2, 0) is 6.42 Å².